The Morgan fingerprint density at radius 1 is 0.348 bits per heavy atom. The summed E-state index contributed by atoms with van der Waals surface area (Å²) >= 11 is 0. The normalized spacial score (nSPS) is 12.0. The molecular formula is C43H70N2Pd. The zero-order valence-electron chi connectivity index (χ0n) is 30.1. The van der Waals surface area contributed by atoms with Crippen LogP contribution in [-0.2, 0) is 20.4 Å². The number of unbranched alkanes of at least 4 members (excludes halogenated alkanes) is 23. The molecule has 0 aliphatic carbocycles. The van der Waals surface area contributed by atoms with Crippen LogP contribution in [-0.4, -0.2) is 11.4 Å². The van der Waals surface area contributed by atoms with Crippen molar-refractivity contribution in [3.05, 3.63) is 60.7 Å². The summed E-state index contributed by atoms with van der Waals surface area (Å²) in [4.78, 5) is 10.4. The van der Waals surface area contributed by atoms with Crippen LogP contribution in [0.4, 0.5) is 11.4 Å². The van der Waals surface area contributed by atoms with Crippen molar-refractivity contribution in [2.75, 3.05) is 0 Å². The molecule has 2 aromatic rings. The van der Waals surface area contributed by atoms with E-state index in [4.69, 9.17) is 9.98 Å². The molecule has 0 aromatic heterocycles. The predicted octanol–water partition coefficient (Wildman–Crippen LogP) is 15.1. The minimum absolute atomic E-state index is 0. The average Bonchev–Trinajstić information content (AvgIpc) is 3.07. The van der Waals surface area contributed by atoms with Crippen molar-refractivity contribution in [3.8, 4) is 0 Å². The molecule has 262 valence electrons. The van der Waals surface area contributed by atoms with Crippen LogP contribution in [0.2, 0.25) is 0 Å². The summed E-state index contributed by atoms with van der Waals surface area (Å²) in [7, 11) is 0. The van der Waals surface area contributed by atoms with E-state index in [2.05, 4.69) is 74.5 Å². The van der Waals surface area contributed by atoms with E-state index in [-0.39, 0.29) is 20.4 Å². The van der Waals surface area contributed by atoms with Crippen molar-refractivity contribution in [2.24, 2.45) is 9.98 Å². The largest absolute Gasteiger partial charge is 0.252 e. The van der Waals surface area contributed by atoms with Crippen LogP contribution in [0.3, 0.4) is 0 Å². The van der Waals surface area contributed by atoms with E-state index >= 15 is 0 Å². The summed E-state index contributed by atoms with van der Waals surface area (Å²) in [5.74, 6) is 0. The predicted molar refractivity (Wildman–Crippen MR) is 203 cm³/mol. The molecule has 2 aromatic carbocycles. The van der Waals surface area contributed by atoms with E-state index in [1.807, 2.05) is 0 Å². The van der Waals surface area contributed by atoms with Gasteiger partial charge in [-0.2, -0.15) is 0 Å². The molecule has 0 spiro atoms. The first kappa shape index (κ1) is 42.5. The minimum Gasteiger partial charge on any atom is -0.252 e. The molecule has 0 aliphatic rings. The summed E-state index contributed by atoms with van der Waals surface area (Å²) in [5.41, 5.74) is 4.50. The van der Waals surface area contributed by atoms with E-state index in [9.17, 15) is 0 Å². The molecule has 0 atom stereocenters. The van der Waals surface area contributed by atoms with Gasteiger partial charge in [-0.15, -0.1) is 0 Å². The number of rotatable bonds is 30. The molecule has 0 unspecified atom stereocenters. The fourth-order valence-electron chi connectivity index (χ4n) is 6.29. The van der Waals surface area contributed by atoms with Gasteiger partial charge in [0.25, 0.3) is 0 Å². The molecule has 0 fully saturated rings. The third kappa shape index (κ3) is 23.7. The number of hydrogen-bond acceptors (Lipinski definition) is 2. The Balaban J connectivity index is 0.0000106. The van der Waals surface area contributed by atoms with Crippen molar-refractivity contribution in [2.45, 2.75) is 187 Å². The SMILES string of the molecule is CCCCCCCCCCCCCCCCCCCCCC(=Nc1ccccc1)C(CCCCCCCC)=Nc1ccccc1.[Pd]. The summed E-state index contributed by atoms with van der Waals surface area (Å²) in [5, 5.41) is 0. The second-order valence-electron chi connectivity index (χ2n) is 13.4. The van der Waals surface area contributed by atoms with E-state index < -0.39 is 0 Å². The Morgan fingerprint density at radius 2 is 0.587 bits per heavy atom. The van der Waals surface area contributed by atoms with Crippen LogP contribution >= 0.6 is 0 Å². The molecule has 0 heterocycles. The summed E-state index contributed by atoms with van der Waals surface area (Å²) < 4.78 is 0. The maximum atomic E-state index is 5.19. The van der Waals surface area contributed by atoms with Crippen LogP contribution in [0.25, 0.3) is 0 Å². The Bertz CT molecular complexity index is 969. The molecule has 0 amide bonds. The number of benzene rings is 2. The molecular weight excluding hydrogens is 651 g/mol. The Hall–Kier alpha value is -1.56. The van der Waals surface area contributed by atoms with Gasteiger partial charge in [-0.1, -0.05) is 198 Å². The standard InChI is InChI=1S/C43H70N2.Pd/c1-3-5-7-9-11-12-13-14-15-16-17-18-19-20-21-22-23-25-33-39-43(45-41-36-30-27-31-37-41)42(38-32-24-10-8-6-4-2)44-40-34-28-26-29-35-40;/h26-31,34-37H,3-25,32-33,38-39H2,1-2H3;. The van der Waals surface area contributed by atoms with E-state index in [1.165, 1.54) is 172 Å². The van der Waals surface area contributed by atoms with Gasteiger partial charge in [0, 0.05) is 20.4 Å². The first-order chi connectivity index (χ1) is 22.3. The minimum atomic E-state index is 0. The molecule has 3 heteroatoms. The van der Waals surface area contributed by atoms with Crippen molar-refractivity contribution in [1.29, 1.82) is 0 Å². The molecule has 0 radical (unpaired) electrons. The Labute approximate surface area is 299 Å². The van der Waals surface area contributed by atoms with Crippen LogP contribution in [0.15, 0.2) is 70.6 Å². The summed E-state index contributed by atoms with van der Waals surface area (Å²) in [6.45, 7) is 4.59. The van der Waals surface area contributed by atoms with Crippen LogP contribution in [0.5, 0.6) is 0 Å². The smallest absolute Gasteiger partial charge is 0.0633 e. The number of aliphatic imine (C=N–C) groups is 2. The van der Waals surface area contributed by atoms with Crippen molar-refractivity contribution in [1.82, 2.24) is 0 Å². The maximum absolute atomic E-state index is 5.19. The average molecular weight is 721 g/mol. The first-order valence-corrected chi connectivity index (χ1v) is 19.6. The van der Waals surface area contributed by atoms with Gasteiger partial charge in [-0.05, 0) is 49.9 Å². The topological polar surface area (TPSA) is 24.7 Å². The van der Waals surface area contributed by atoms with Crippen molar-refractivity contribution >= 4 is 22.8 Å². The summed E-state index contributed by atoms with van der Waals surface area (Å²) in [6.07, 6.45) is 36.7. The molecule has 2 rings (SSSR count). The third-order valence-electron chi connectivity index (χ3n) is 9.16. The molecule has 0 aliphatic heterocycles. The van der Waals surface area contributed by atoms with Crippen LogP contribution < -0.4 is 0 Å². The summed E-state index contributed by atoms with van der Waals surface area (Å²) in [6, 6.07) is 21.0. The zero-order chi connectivity index (χ0) is 31.9. The van der Waals surface area contributed by atoms with Gasteiger partial charge in [0.15, 0.2) is 0 Å². The van der Waals surface area contributed by atoms with E-state index in [0.717, 1.165) is 24.2 Å². The van der Waals surface area contributed by atoms with E-state index in [0.29, 0.717) is 0 Å². The van der Waals surface area contributed by atoms with Gasteiger partial charge in [0.05, 0.1) is 22.8 Å². The first-order valence-electron chi connectivity index (χ1n) is 19.6. The maximum Gasteiger partial charge on any atom is 0.0633 e. The fourth-order valence-corrected chi connectivity index (χ4v) is 6.29. The van der Waals surface area contributed by atoms with Gasteiger partial charge in [0.1, 0.15) is 0 Å². The van der Waals surface area contributed by atoms with Crippen LogP contribution in [0, 0.1) is 0 Å². The van der Waals surface area contributed by atoms with E-state index in [1.54, 1.807) is 0 Å². The number of hydrogen-bond donors (Lipinski definition) is 0. The zero-order valence-corrected chi connectivity index (χ0v) is 31.6. The monoisotopic (exact) mass is 720 g/mol. The van der Waals surface area contributed by atoms with Gasteiger partial charge >= 0.3 is 0 Å². The van der Waals surface area contributed by atoms with Gasteiger partial charge in [0.2, 0.25) is 0 Å². The molecule has 0 saturated carbocycles. The number of nitrogens with zero attached hydrogens (tertiary/aromatic N) is 2. The van der Waals surface area contributed by atoms with Crippen molar-refractivity contribution < 1.29 is 20.4 Å². The molecule has 0 N–H and O–H groups in total. The fraction of sp³-hybridized carbons (Fsp3) is 0.674. The molecule has 0 bridgehead atoms. The quantitative estimate of drug-likeness (QED) is 0.0436. The Kier molecular flexibility index (Phi) is 29.6. The molecule has 46 heavy (non-hydrogen) atoms. The van der Waals surface area contributed by atoms with Gasteiger partial charge in [-0.25, -0.2) is 0 Å². The second-order valence-corrected chi connectivity index (χ2v) is 13.4. The third-order valence-corrected chi connectivity index (χ3v) is 9.16. The molecule has 0 saturated heterocycles. The van der Waals surface area contributed by atoms with Gasteiger partial charge in [-0.3, -0.25) is 9.98 Å². The van der Waals surface area contributed by atoms with Gasteiger partial charge < -0.3 is 0 Å². The molecule has 2 nitrogen and oxygen atoms in total. The number of para-hydroxylation sites is 2. The van der Waals surface area contributed by atoms with Crippen LogP contribution in [0.1, 0.15) is 187 Å². The Morgan fingerprint density at radius 3 is 0.848 bits per heavy atom. The second kappa shape index (κ2) is 32.0. The van der Waals surface area contributed by atoms with Crippen molar-refractivity contribution in [3.63, 3.8) is 0 Å².